The molecule has 2 atom stereocenters. The van der Waals surface area contributed by atoms with Crippen LogP contribution in [0.4, 0.5) is 15.0 Å². The maximum atomic E-state index is 14.3. The molecule has 2 aliphatic rings. The van der Waals surface area contributed by atoms with Crippen molar-refractivity contribution in [2.45, 2.75) is 31.8 Å². The van der Waals surface area contributed by atoms with Crippen LogP contribution in [0.5, 0.6) is 0 Å². The van der Waals surface area contributed by atoms with Gasteiger partial charge in [-0.15, -0.1) is 0 Å². The molecule has 0 unspecified atom stereocenters. The number of aromatic nitrogens is 2. The Hall–Kier alpha value is -1.92. The number of likely N-dealkylation sites (N-methyl/N-ethyl adjacent to an activating group) is 1. The van der Waals surface area contributed by atoms with Crippen molar-refractivity contribution >= 4 is 11.8 Å². The van der Waals surface area contributed by atoms with E-state index in [0.717, 1.165) is 6.42 Å². The molecule has 2 fully saturated rings. The molecule has 0 radical (unpaired) electrons. The zero-order valence-electron chi connectivity index (χ0n) is 11.6. The van der Waals surface area contributed by atoms with E-state index >= 15 is 0 Å². The number of nitrogens with zero attached hydrogens (tertiary/aromatic N) is 4. The number of carbonyl (C=O) groups is 1. The van der Waals surface area contributed by atoms with Crippen LogP contribution in [-0.4, -0.2) is 53.1 Å². The number of carbonyl (C=O) groups excluding carboxylic acids is 1. The minimum absolute atomic E-state index is 0.0284. The van der Waals surface area contributed by atoms with Crippen molar-refractivity contribution in [1.29, 1.82) is 0 Å². The molecule has 7 heteroatoms. The first-order valence-electron chi connectivity index (χ1n) is 6.89. The number of amides is 2. The number of halogens is 1. The maximum Gasteiger partial charge on any atom is 0.317 e. The number of nitrogens with one attached hydrogen (secondary N) is 1. The van der Waals surface area contributed by atoms with E-state index in [4.69, 9.17) is 0 Å². The average molecular weight is 279 g/mol. The lowest BCUT2D eigenvalue weighted by molar-refractivity contribution is 0.211. The first-order chi connectivity index (χ1) is 9.61. The lowest BCUT2D eigenvalue weighted by Crippen LogP contribution is -2.51. The van der Waals surface area contributed by atoms with Gasteiger partial charge in [-0.25, -0.2) is 19.2 Å². The Morgan fingerprint density at radius 3 is 3.05 bits per heavy atom. The quantitative estimate of drug-likeness (QED) is 0.869. The van der Waals surface area contributed by atoms with Crippen molar-refractivity contribution in [3.63, 3.8) is 0 Å². The summed E-state index contributed by atoms with van der Waals surface area (Å²) in [6, 6.07) is 0.161. The number of anilines is 1. The number of hydrogen-bond acceptors (Lipinski definition) is 4. The van der Waals surface area contributed by atoms with Gasteiger partial charge in [0.2, 0.25) is 0 Å². The molecule has 0 spiro atoms. The molecule has 6 nitrogen and oxygen atoms in total. The standard InChI is InChI=1S/C13H18FN5O/c1-3-8-11(14)12(16-7-15-8)19-5-4-10-9(6-19)17-13(20)18(10)2/h7,9-10H,3-6H2,1-2H3,(H,17,20)/t9-,10+/m1/s1. The fraction of sp³-hybridized carbons (Fsp3) is 0.615. The van der Waals surface area contributed by atoms with Gasteiger partial charge in [0.15, 0.2) is 11.6 Å². The summed E-state index contributed by atoms with van der Waals surface area (Å²) >= 11 is 0. The predicted molar refractivity (Wildman–Crippen MR) is 72.1 cm³/mol. The van der Waals surface area contributed by atoms with Gasteiger partial charge in [-0.05, 0) is 12.8 Å². The van der Waals surface area contributed by atoms with Crippen molar-refractivity contribution in [1.82, 2.24) is 20.2 Å². The van der Waals surface area contributed by atoms with E-state index in [9.17, 15) is 9.18 Å². The molecule has 0 aromatic carbocycles. The summed E-state index contributed by atoms with van der Waals surface area (Å²) in [7, 11) is 1.80. The van der Waals surface area contributed by atoms with Crippen LogP contribution in [0.15, 0.2) is 6.33 Å². The van der Waals surface area contributed by atoms with E-state index in [1.54, 1.807) is 11.9 Å². The fourth-order valence-corrected chi connectivity index (χ4v) is 3.01. The normalized spacial score (nSPS) is 25.6. The molecule has 2 saturated heterocycles. The molecule has 0 aliphatic carbocycles. The zero-order chi connectivity index (χ0) is 14.3. The van der Waals surface area contributed by atoms with E-state index in [2.05, 4.69) is 15.3 Å². The van der Waals surface area contributed by atoms with Crippen molar-refractivity contribution < 1.29 is 9.18 Å². The highest BCUT2D eigenvalue weighted by atomic mass is 19.1. The largest absolute Gasteiger partial charge is 0.352 e. The number of fused-ring (bicyclic) bond motifs is 1. The van der Waals surface area contributed by atoms with Crippen LogP contribution in [0, 0.1) is 5.82 Å². The number of hydrogen-bond donors (Lipinski definition) is 1. The number of urea groups is 1. The Balaban J connectivity index is 1.82. The van der Waals surface area contributed by atoms with E-state index in [0.29, 0.717) is 31.0 Å². The van der Waals surface area contributed by atoms with Gasteiger partial charge in [-0.1, -0.05) is 6.92 Å². The van der Waals surface area contributed by atoms with Crippen LogP contribution >= 0.6 is 0 Å². The minimum Gasteiger partial charge on any atom is -0.352 e. The maximum absolute atomic E-state index is 14.3. The fourth-order valence-electron chi connectivity index (χ4n) is 3.01. The summed E-state index contributed by atoms with van der Waals surface area (Å²) < 4.78 is 14.3. The smallest absolute Gasteiger partial charge is 0.317 e. The van der Waals surface area contributed by atoms with Gasteiger partial charge < -0.3 is 15.1 Å². The number of aryl methyl sites for hydroxylation is 1. The molecule has 20 heavy (non-hydrogen) atoms. The van der Waals surface area contributed by atoms with E-state index in [1.165, 1.54) is 6.33 Å². The van der Waals surface area contributed by atoms with Crippen molar-refractivity contribution in [2.24, 2.45) is 0 Å². The third-order valence-corrected chi connectivity index (χ3v) is 4.18. The Labute approximate surface area is 117 Å². The van der Waals surface area contributed by atoms with Crippen molar-refractivity contribution in [3.8, 4) is 0 Å². The van der Waals surface area contributed by atoms with E-state index in [1.807, 2.05) is 11.8 Å². The predicted octanol–water partition coefficient (Wildman–Crippen LogP) is 0.780. The monoisotopic (exact) mass is 279 g/mol. The Morgan fingerprint density at radius 1 is 1.50 bits per heavy atom. The molecule has 3 rings (SSSR count). The summed E-state index contributed by atoms with van der Waals surface area (Å²) in [6.45, 7) is 3.14. The molecule has 1 aromatic rings. The molecular formula is C13H18FN5O. The number of rotatable bonds is 2. The molecule has 0 bridgehead atoms. The van der Waals surface area contributed by atoms with Crippen LogP contribution in [-0.2, 0) is 6.42 Å². The van der Waals surface area contributed by atoms with Gasteiger partial charge in [0.1, 0.15) is 6.33 Å². The van der Waals surface area contributed by atoms with E-state index in [-0.39, 0.29) is 23.9 Å². The third-order valence-electron chi connectivity index (χ3n) is 4.18. The minimum atomic E-state index is -0.342. The van der Waals surface area contributed by atoms with Crippen molar-refractivity contribution in [3.05, 3.63) is 17.8 Å². The van der Waals surface area contributed by atoms with Crippen molar-refractivity contribution in [2.75, 3.05) is 25.0 Å². The third kappa shape index (κ3) is 1.97. The second-order valence-corrected chi connectivity index (χ2v) is 5.28. The van der Waals surface area contributed by atoms with Crippen LogP contribution in [0.1, 0.15) is 19.0 Å². The lowest BCUT2D eigenvalue weighted by atomic mass is 10.0. The molecule has 1 aromatic heterocycles. The Kier molecular flexibility index (Phi) is 3.19. The van der Waals surface area contributed by atoms with Crippen LogP contribution < -0.4 is 10.2 Å². The highest BCUT2D eigenvalue weighted by molar-refractivity contribution is 5.77. The summed E-state index contributed by atoms with van der Waals surface area (Å²) in [5.41, 5.74) is 0.435. The van der Waals surface area contributed by atoms with Gasteiger partial charge in [0, 0.05) is 20.1 Å². The van der Waals surface area contributed by atoms with Gasteiger partial charge >= 0.3 is 6.03 Å². The molecule has 2 aliphatic heterocycles. The highest BCUT2D eigenvalue weighted by Crippen LogP contribution is 2.26. The first-order valence-corrected chi connectivity index (χ1v) is 6.89. The lowest BCUT2D eigenvalue weighted by Gasteiger charge is -2.36. The highest BCUT2D eigenvalue weighted by Gasteiger charge is 2.41. The number of piperidine rings is 1. The topological polar surface area (TPSA) is 61.4 Å². The summed E-state index contributed by atoms with van der Waals surface area (Å²) in [5, 5.41) is 2.93. The van der Waals surface area contributed by atoms with Gasteiger partial charge in [-0.3, -0.25) is 0 Å². The Bertz CT molecular complexity index is 537. The molecule has 3 heterocycles. The summed E-state index contributed by atoms with van der Waals surface area (Å²) in [5.74, 6) is 0.00484. The average Bonchev–Trinajstić information content (AvgIpc) is 2.74. The Morgan fingerprint density at radius 2 is 2.30 bits per heavy atom. The zero-order valence-corrected chi connectivity index (χ0v) is 11.6. The SMILES string of the molecule is CCc1ncnc(N2CC[C@H]3[C@@H](C2)NC(=O)N3C)c1F. The summed E-state index contributed by atoms with van der Waals surface area (Å²) in [6.07, 6.45) is 2.76. The van der Waals surface area contributed by atoms with E-state index < -0.39 is 0 Å². The summed E-state index contributed by atoms with van der Waals surface area (Å²) in [4.78, 5) is 23.3. The van der Waals surface area contributed by atoms with Crippen LogP contribution in [0.2, 0.25) is 0 Å². The first kappa shape index (κ1) is 13.1. The van der Waals surface area contributed by atoms with Crippen LogP contribution in [0.25, 0.3) is 0 Å². The molecular weight excluding hydrogens is 261 g/mol. The molecule has 0 saturated carbocycles. The second kappa shape index (κ2) is 4.88. The molecule has 1 N–H and O–H groups in total. The molecule has 2 amide bonds. The molecule has 108 valence electrons. The van der Waals surface area contributed by atoms with Gasteiger partial charge in [-0.2, -0.15) is 0 Å². The van der Waals surface area contributed by atoms with Gasteiger partial charge in [0.05, 0.1) is 17.8 Å². The van der Waals surface area contributed by atoms with Gasteiger partial charge in [0.25, 0.3) is 0 Å². The second-order valence-electron chi connectivity index (χ2n) is 5.28. The van der Waals surface area contributed by atoms with Crippen LogP contribution in [0.3, 0.4) is 0 Å².